The third kappa shape index (κ3) is 9.16. The number of hydrogen-bond acceptors (Lipinski definition) is 6. The van der Waals surface area contributed by atoms with E-state index < -0.39 is 12.3 Å². The van der Waals surface area contributed by atoms with Crippen LogP contribution < -0.4 is 0 Å². The molecule has 0 spiro atoms. The lowest BCUT2D eigenvalue weighted by atomic mass is 10.2. The van der Waals surface area contributed by atoms with Gasteiger partial charge in [0.25, 0.3) is 0 Å². The van der Waals surface area contributed by atoms with Crippen LogP contribution in [0.5, 0.6) is 0 Å². The molecule has 0 aromatic heterocycles. The fraction of sp³-hybridized carbons (Fsp3) is 0.846. The molecule has 1 rings (SSSR count). The molecule has 0 unspecified atom stereocenters. The lowest BCUT2D eigenvalue weighted by molar-refractivity contribution is 0.0514. The zero-order valence-corrected chi connectivity index (χ0v) is 11.2. The summed E-state index contributed by atoms with van der Waals surface area (Å²) in [6.45, 7) is 1.43. The summed E-state index contributed by atoms with van der Waals surface area (Å²) in [6, 6.07) is 0. The van der Waals surface area contributed by atoms with E-state index in [0.29, 0.717) is 26.4 Å². The average molecular weight is 274 g/mol. The second-order valence-electron chi connectivity index (χ2n) is 4.37. The fourth-order valence-electron chi connectivity index (χ4n) is 1.64. The molecule has 0 amide bonds. The minimum Gasteiger partial charge on any atom is -0.434 e. The predicted molar refractivity (Wildman–Crippen MR) is 66.9 cm³/mol. The molecule has 1 fully saturated rings. The van der Waals surface area contributed by atoms with E-state index in [9.17, 15) is 9.59 Å². The first-order valence-corrected chi connectivity index (χ1v) is 6.88. The van der Waals surface area contributed by atoms with Gasteiger partial charge in [0.15, 0.2) is 0 Å². The molecule has 1 heterocycles. The monoisotopic (exact) mass is 274 g/mol. The summed E-state index contributed by atoms with van der Waals surface area (Å²) in [5, 5.41) is 0. The van der Waals surface area contributed by atoms with E-state index in [1.165, 1.54) is 0 Å². The first kappa shape index (κ1) is 15.6. The Labute approximate surface area is 113 Å². The van der Waals surface area contributed by atoms with Gasteiger partial charge in [0.1, 0.15) is 0 Å². The van der Waals surface area contributed by atoms with Crippen LogP contribution in [0.1, 0.15) is 44.9 Å². The minimum absolute atomic E-state index is 0.337. The van der Waals surface area contributed by atoms with Crippen molar-refractivity contribution in [1.82, 2.24) is 0 Å². The number of ether oxygens (including phenoxy) is 4. The zero-order chi connectivity index (χ0) is 13.8. The highest BCUT2D eigenvalue weighted by atomic mass is 16.7. The maximum absolute atomic E-state index is 11.1. The van der Waals surface area contributed by atoms with Crippen LogP contribution in [0.25, 0.3) is 0 Å². The number of rotatable bonds is 0. The average Bonchev–Trinajstić information content (AvgIpc) is 2.40. The molecule has 0 aromatic rings. The second kappa shape index (κ2) is 10.5. The van der Waals surface area contributed by atoms with Gasteiger partial charge in [-0.25, -0.2) is 9.59 Å². The molecule has 1 aliphatic rings. The van der Waals surface area contributed by atoms with Gasteiger partial charge in [-0.3, -0.25) is 0 Å². The molecule has 0 bridgehead atoms. The van der Waals surface area contributed by atoms with Crippen LogP contribution in [-0.4, -0.2) is 38.7 Å². The third-order valence-corrected chi connectivity index (χ3v) is 2.71. The molecule has 0 radical (unpaired) electrons. The lowest BCUT2D eigenvalue weighted by Crippen LogP contribution is -2.10. The Morgan fingerprint density at radius 2 is 0.737 bits per heavy atom. The van der Waals surface area contributed by atoms with Crippen LogP contribution in [-0.2, 0) is 18.9 Å². The molecule has 0 aromatic carbocycles. The molecule has 1 aliphatic heterocycles. The van der Waals surface area contributed by atoms with Gasteiger partial charge < -0.3 is 18.9 Å². The van der Waals surface area contributed by atoms with Crippen LogP contribution in [0.4, 0.5) is 9.59 Å². The topological polar surface area (TPSA) is 71.1 Å². The Morgan fingerprint density at radius 3 is 1.05 bits per heavy atom. The van der Waals surface area contributed by atoms with E-state index in [1.807, 2.05) is 0 Å². The van der Waals surface area contributed by atoms with Gasteiger partial charge in [-0.1, -0.05) is 0 Å². The first-order chi connectivity index (χ1) is 9.29. The molecule has 19 heavy (non-hydrogen) atoms. The SMILES string of the molecule is O=C1OCCCCCCOC(=O)OCCCCCO1. The molecule has 110 valence electrons. The molecular formula is C13H22O6. The summed E-state index contributed by atoms with van der Waals surface area (Å²) < 4.78 is 19.6. The van der Waals surface area contributed by atoms with E-state index >= 15 is 0 Å². The van der Waals surface area contributed by atoms with E-state index in [4.69, 9.17) is 18.9 Å². The van der Waals surface area contributed by atoms with Crippen molar-refractivity contribution in [2.75, 3.05) is 26.4 Å². The molecule has 0 atom stereocenters. The van der Waals surface area contributed by atoms with Crippen molar-refractivity contribution in [3.63, 3.8) is 0 Å². The maximum atomic E-state index is 11.1. The highest BCUT2D eigenvalue weighted by Gasteiger charge is 2.06. The Balaban J connectivity index is 2.21. The van der Waals surface area contributed by atoms with Gasteiger partial charge in [0, 0.05) is 0 Å². The molecule has 0 saturated carbocycles. The van der Waals surface area contributed by atoms with Gasteiger partial charge >= 0.3 is 12.3 Å². The largest absolute Gasteiger partial charge is 0.508 e. The normalized spacial score (nSPS) is 21.3. The predicted octanol–water partition coefficient (Wildman–Crippen LogP) is 3.04. The number of carbonyl (C=O) groups is 2. The Hall–Kier alpha value is -1.46. The quantitative estimate of drug-likeness (QED) is 0.632. The molecule has 6 nitrogen and oxygen atoms in total. The highest BCUT2D eigenvalue weighted by molar-refractivity contribution is 5.60. The van der Waals surface area contributed by atoms with Crippen molar-refractivity contribution in [2.45, 2.75) is 44.9 Å². The fourth-order valence-corrected chi connectivity index (χ4v) is 1.64. The second-order valence-corrected chi connectivity index (χ2v) is 4.37. The van der Waals surface area contributed by atoms with Crippen LogP contribution in [0.15, 0.2) is 0 Å². The molecule has 0 aliphatic carbocycles. The van der Waals surface area contributed by atoms with E-state index in [2.05, 4.69) is 0 Å². The summed E-state index contributed by atoms with van der Waals surface area (Å²) in [7, 11) is 0. The van der Waals surface area contributed by atoms with E-state index in [1.54, 1.807) is 0 Å². The van der Waals surface area contributed by atoms with E-state index in [0.717, 1.165) is 44.9 Å². The summed E-state index contributed by atoms with van der Waals surface area (Å²) >= 11 is 0. The van der Waals surface area contributed by atoms with Crippen LogP contribution in [0.2, 0.25) is 0 Å². The summed E-state index contributed by atoms with van der Waals surface area (Å²) in [4.78, 5) is 22.3. The van der Waals surface area contributed by atoms with Crippen LogP contribution in [0.3, 0.4) is 0 Å². The number of hydrogen-bond donors (Lipinski definition) is 0. The Bertz CT molecular complexity index is 240. The van der Waals surface area contributed by atoms with Crippen molar-refractivity contribution >= 4 is 12.3 Å². The summed E-state index contributed by atoms with van der Waals surface area (Å²) in [6.07, 6.45) is 4.51. The highest BCUT2D eigenvalue weighted by Crippen LogP contribution is 2.04. The lowest BCUT2D eigenvalue weighted by Gasteiger charge is -2.06. The summed E-state index contributed by atoms with van der Waals surface area (Å²) in [5.41, 5.74) is 0. The molecular weight excluding hydrogens is 252 g/mol. The van der Waals surface area contributed by atoms with Gasteiger partial charge in [-0.2, -0.15) is 0 Å². The van der Waals surface area contributed by atoms with Gasteiger partial charge in [0.05, 0.1) is 26.4 Å². The third-order valence-electron chi connectivity index (χ3n) is 2.71. The van der Waals surface area contributed by atoms with Crippen molar-refractivity contribution in [3.05, 3.63) is 0 Å². The number of cyclic esters (lactones) is 4. The van der Waals surface area contributed by atoms with Crippen LogP contribution >= 0.6 is 0 Å². The van der Waals surface area contributed by atoms with Crippen molar-refractivity contribution in [2.24, 2.45) is 0 Å². The van der Waals surface area contributed by atoms with Crippen molar-refractivity contribution in [1.29, 1.82) is 0 Å². The van der Waals surface area contributed by atoms with Gasteiger partial charge in [-0.15, -0.1) is 0 Å². The van der Waals surface area contributed by atoms with Gasteiger partial charge in [-0.05, 0) is 44.9 Å². The van der Waals surface area contributed by atoms with Crippen LogP contribution in [0, 0.1) is 0 Å². The Morgan fingerprint density at radius 1 is 0.474 bits per heavy atom. The molecule has 1 saturated heterocycles. The maximum Gasteiger partial charge on any atom is 0.508 e. The first-order valence-electron chi connectivity index (χ1n) is 6.88. The molecule has 6 heteroatoms. The standard InChI is InChI=1S/C13H22O6/c14-12-16-8-4-1-2-5-9-17-13(15)19-11-7-3-6-10-18-12/h1-11H2. The van der Waals surface area contributed by atoms with Crippen molar-refractivity contribution in [3.8, 4) is 0 Å². The zero-order valence-electron chi connectivity index (χ0n) is 11.2. The smallest absolute Gasteiger partial charge is 0.434 e. The van der Waals surface area contributed by atoms with Gasteiger partial charge in [0.2, 0.25) is 0 Å². The summed E-state index contributed by atoms with van der Waals surface area (Å²) in [5.74, 6) is 0. The minimum atomic E-state index is -0.598. The van der Waals surface area contributed by atoms with E-state index in [-0.39, 0.29) is 0 Å². The molecule has 0 N–H and O–H groups in total. The number of carbonyl (C=O) groups excluding carboxylic acids is 2. The Kier molecular flexibility index (Phi) is 8.59. The van der Waals surface area contributed by atoms with Crippen molar-refractivity contribution < 1.29 is 28.5 Å².